The molecule has 0 atom stereocenters. The fourth-order valence-corrected chi connectivity index (χ4v) is 0. The Labute approximate surface area is 155 Å². The molecule has 0 saturated carbocycles. The van der Waals surface area contributed by atoms with E-state index < -0.39 is 37.2 Å². The van der Waals surface area contributed by atoms with Crippen molar-refractivity contribution in [1.82, 2.24) is 0 Å². The summed E-state index contributed by atoms with van der Waals surface area (Å²) >= 11 is 1.22. The predicted octanol–water partition coefficient (Wildman–Crippen LogP) is -4.21. The van der Waals surface area contributed by atoms with Gasteiger partial charge in [-0.2, -0.15) is 0 Å². The molecular formula is H2Mg3O12Si4. The molecule has 0 heterocycles. The Bertz CT molecular complexity index is 179. The molecule has 19 heteroatoms. The van der Waals surface area contributed by atoms with E-state index in [0.717, 1.165) is 0 Å². The van der Waals surface area contributed by atoms with Crippen LogP contribution in [0.5, 0.6) is 0 Å². The monoisotopic (exact) mass is 378 g/mol. The van der Waals surface area contributed by atoms with Crippen molar-refractivity contribution in [3.63, 3.8) is 0 Å². The van der Waals surface area contributed by atoms with Crippen LogP contribution < -0.4 is 0 Å². The second kappa shape index (κ2) is 241. The van der Waals surface area contributed by atoms with Gasteiger partial charge in [-0.1, -0.05) is 0 Å². The summed E-state index contributed by atoms with van der Waals surface area (Å²) in [6.45, 7) is 0. The van der Waals surface area contributed by atoms with Crippen LogP contribution in [-0.4, -0.2) is 115 Å². The summed E-state index contributed by atoms with van der Waals surface area (Å²) in [6.07, 6.45) is 0. The van der Waals surface area contributed by atoms with Gasteiger partial charge in [-0.3, -0.25) is 35.7 Å². The molecule has 0 aliphatic heterocycles. The molecular weight excluding hydrogens is 377 g/mol. The maximum atomic E-state index is 8.40. The Balaban J connectivity index is -0.00000000882. The van der Waals surface area contributed by atoms with Crippen LogP contribution in [0.15, 0.2) is 0 Å². The van der Waals surface area contributed by atoms with Gasteiger partial charge in [0.05, 0.1) is 0 Å². The minimum atomic E-state index is -1.42. The van der Waals surface area contributed by atoms with Gasteiger partial charge in [0.1, 0.15) is 0 Å². The van der Waals surface area contributed by atoms with Crippen molar-refractivity contribution in [3.8, 4) is 0 Å². The average molecular weight is 379 g/mol. The fourth-order valence-electron chi connectivity index (χ4n) is 0. The molecule has 12 nitrogen and oxygen atoms in total. The van der Waals surface area contributed by atoms with Crippen LogP contribution in [-0.2, 0) is 42.0 Å². The Morgan fingerprint density at radius 2 is 0.421 bits per heavy atom. The van der Waals surface area contributed by atoms with Crippen molar-refractivity contribution in [2.45, 2.75) is 0 Å². The molecule has 0 aliphatic carbocycles. The normalized spacial score (nSPS) is 2.32. The van der Waals surface area contributed by atoms with Gasteiger partial charge >= 0.3 is 110 Å². The van der Waals surface area contributed by atoms with E-state index in [2.05, 4.69) is 0 Å². The third-order valence-electron chi connectivity index (χ3n) is 0. The van der Waals surface area contributed by atoms with Crippen LogP contribution in [0, 0.1) is 0 Å². The summed E-state index contributed by atoms with van der Waals surface area (Å²) in [6, 6.07) is 0. The van der Waals surface area contributed by atoms with E-state index in [1.165, 1.54) is 0 Å². The van der Waals surface area contributed by atoms with E-state index in [9.17, 15) is 0 Å². The summed E-state index contributed by atoms with van der Waals surface area (Å²) in [5.41, 5.74) is 0. The molecule has 0 aromatic heterocycles. The van der Waals surface area contributed by atoms with E-state index in [1.54, 1.807) is 0 Å². The fraction of sp³-hybridized carbons (Fsp3) is 0. The van der Waals surface area contributed by atoms with Gasteiger partial charge in [0.2, 0.25) is 0 Å². The zero-order valence-electron chi connectivity index (χ0n) is 9.10. The van der Waals surface area contributed by atoms with Crippen LogP contribution in [0.3, 0.4) is 0 Å². The van der Waals surface area contributed by atoms with Crippen molar-refractivity contribution in [2.24, 2.45) is 0 Å². The molecule has 0 radical (unpaired) electrons. The predicted molar refractivity (Wildman–Crippen MR) is 51.0 cm³/mol. The van der Waals surface area contributed by atoms with E-state index >= 15 is 0 Å². The topological polar surface area (TPSA) is 231 Å². The Kier molecular flexibility index (Phi) is 756. The van der Waals surface area contributed by atoms with Gasteiger partial charge in [-0.05, 0) is 0 Å². The van der Waals surface area contributed by atoms with Crippen LogP contribution in [0.1, 0.15) is 0 Å². The molecule has 19 heavy (non-hydrogen) atoms. The minimum absolute atomic E-state index is 0. The third kappa shape index (κ3) is 4720. The summed E-state index contributed by atoms with van der Waals surface area (Å²) in [5.74, 6) is 0. The van der Waals surface area contributed by atoms with Crippen molar-refractivity contribution in [2.75, 3.05) is 0 Å². The van der Waals surface area contributed by atoms with E-state index in [-0.39, 0.29) is 34.0 Å². The van der Waals surface area contributed by atoms with E-state index in [4.69, 9.17) is 42.0 Å². The summed E-state index contributed by atoms with van der Waals surface area (Å²) < 4.78 is 83.8. The van der Waals surface area contributed by atoms with Crippen molar-refractivity contribution < 1.29 is 53.0 Å². The number of rotatable bonds is 0. The molecule has 0 aliphatic rings. The molecule has 96 valence electrons. The molecule has 0 rings (SSSR count). The molecule has 2 N–H and O–H groups in total. The Morgan fingerprint density at radius 3 is 0.421 bits per heavy atom. The Morgan fingerprint density at radius 1 is 0.421 bits per heavy atom. The van der Waals surface area contributed by atoms with Crippen LogP contribution in [0.25, 0.3) is 0 Å². The Hall–Kier alpha value is 1.09. The molecule has 0 fully saturated rings. The van der Waals surface area contributed by atoms with Crippen molar-refractivity contribution in [1.29, 1.82) is 0 Å². The second-order valence-corrected chi connectivity index (χ2v) is 1.00. The zero-order chi connectivity index (χ0) is 14.8. The van der Waals surface area contributed by atoms with Gasteiger partial charge in [0.25, 0.3) is 0 Å². The summed E-state index contributed by atoms with van der Waals surface area (Å²) in [7, 11) is -5.67. The summed E-state index contributed by atoms with van der Waals surface area (Å²) in [4.78, 5) is 0. The van der Waals surface area contributed by atoms with E-state index in [0.29, 0.717) is 43.4 Å². The first-order chi connectivity index (χ1) is 7.66. The van der Waals surface area contributed by atoms with Crippen molar-refractivity contribution >= 4 is 104 Å². The molecule has 0 spiro atoms. The molecule has 0 bridgehead atoms. The van der Waals surface area contributed by atoms with Crippen LogP contribution in [0.4, 0.5) is 0 Å². The van der Waals surface area contributed by atoms with Gasteiger partial charge < -0.3 is 11.0 Å². The molecule has 0 unspecified atom stereocenters. The van der Waals surface area contributed by atoms with Gasteiger partial charge in [-0.15, -0.1) is 0 Å². The van der Waals surface area contributed by atoms with Gasteiger partial charge in [0, 0.05) is 0 Å². The second-order valence-electron chi connectivity index (χ2n) is 0.333. The average Bonchev–Trinajstić information content (AvgIpc) is 2.27. The SMILES string of the molecule is O=[Si]=O.O=[Si]=O.O=[Si]=O.O=[Si]=O.[Mg+2].[OH-].[OH-].[O]=[Mg].[O]=[Mg]. The summed E-state index contributed by atoms with van der Waals surface area (Å²) in [5, 5.41) is 0. The van der Waals surface area contributed by atoms with E-state index in [1.807, 2.05) is 0 Å². The number of hydrogen-bond donors (Lipinski definition) is 0. The third-order valence-corrected chi connectivity index (χ3v) is 0. The first-order valence-corrected chi connectivity index (χ1v) is 6.63. The van der Waals surface area contributed by atoms with Gasteiger partial charge in [-0.25, -0.2) is 0 Å². The molecule has 0 amide bonds. The molecule has 0 saturated heterocycles. The maximum absolute atomic E-state index is 8.40. The van der Waals surface area contributed by atoms with Crippen LogP contribution in [0.2, 0.25) is 0 Å². The number of hydrogen-bond acceptors (Lipinski definition) is 12. The van der Waals surface area contributed by atoms with Crippen molar-refractivity contribution in [3.05, 3.63) is 0 Å². The molecule has 0 aromatic rings. The van der Waals surface area contributed by atoms with Gasteiger partial charge in [0.15, 0.2) is 0 Å². The molecule has 0 aromatic carbocycles. The first kappa shape index (κ1) is 59.5. The quantitative estimate of drug-likeness (QED) is 0.364. The first-order valence-electron chi connectivity index (χ1n) is 2.21. The van der Waals surface area contributed by atoms with Crippen LogP contribution >= 0.6 is 0 Å². The standard InChI is InChI=1S/3Mg.4O2Si.2H2O.2O/c;;;4*1-3-2;;;;/h;;;;;;;2*1H2;;/q;;+2;;;;;;;;/p-2. The zero-order valence-corrected chi connectivity index (χ0v) is 17.3.